The van der Waals surface area contributed by atoms with Crippen LogP contribution in [0.5, 0.6) is 0 Å². The maximum atomic E-state index is 12.4. The topological polar surface area (TPSA) is 72.2 Å². The molecule has 0 spiro atoms. The molecule has 0 bridgehead atoms. The van der Waals surface area contributed by atoms with E-state index in [2.05, 4.69) is 20.4 Å². The summed E-state index contributed by atoms with van der Waals surface area (Å²) in [5, 5.41) is 7.85. The summed E-state index contributed by atoms with van der Waals surface area (Å²) in [5.41, 5.74) is 4.39. The molecule has 33 heavy (non-hydrogen) atoms. The summed E-state index contributed by atoms with van der Waals surface area (Å²) in [4.78, 5) is 21.6. The van der Waals surface area contributed by atoms with Gasteiger partial charge in [-0.25, -0.2) is 4.98 Å². The van der Waals surface area contributed by atoms with Crippen LogP contribution in [0.2, 0.25) is 5.02 Å². The van der Waals surface area contributed by atoms with Crippen molar-refractivity contribution in [2.24, 2.45) is 0 Å². The van der Waals surface area contributed by atoms with Crippen LogP contribution in [-0.4, -0.2) is 25.5 Å². The second kappa shape index (κ2) is 9.06. The van der Waals surface area contributed by atoms with E-state index in [1.807, 2.05) is 78.9 Å². The molecule has 2 aromatic heterocycles. The van der Waals surface area contributed by atoms with E-state index in [9.17, 15) is 4.79 Å². The quantitative estimate of drug-likeness (QED) is 0.344. The first-order chi connectivity index (χ1) is 16.2. The summed E-state index contributed by atoms with van der Waals surface area (Å²) in [5.74, 6) is 0.230. The summed E-state index contributed by atoms with van der Waals surface area (Å²) >= 11 is 5.90. The third-order valence-electron chi connectivity index (χ3n) is 4.98. The molecule has 0 atom stereocenters. The highest BCUT2D eigenvalue weighted by molar-refractivity contribution is 6.30. The minimum Gasteiger partial charge on any atom is -0.290 e. The van der Waals surface area contributed by atoms with Gasteiger partial charge in [-0.3, -0.25) is 10.1 Å². The Morgan fingerprint density at radius 1 is 0.848 bits per heavy atom. The Labute approximate surface area is 195 Å². The Hall–Kier alpha value is -4.29. The van der Waals surface area contributed by atoms with E-state index in [0.717, 1.165) is 28.1 Å². The number of amides is 1. The van der Waals surface area contributed by atoms with Crippen molar-refractivity contribution in [1.29, 1.82) is 0 Å². The molecule has 0 saturated carbocycles. The maximum Gasteiger partial charge on any atom is 0.255 e. The number of rotatable bonds is 5. The fourth-order valence-corrected chi connectivity index (χ4v) is 3.52. The van der Waals surface area contributed by atoms with E-state index in [1.54, 1.807) is 22.7 Å². The number of fused-ring (bicyclic) bond motifs is 1. The highest BCUT2D eigenvalue weighted by atomic mass is 35.5. The van der Waals surface area contributed by atoms with Crippen molar-refractivity contribution >= 4 is 35.3 Å². The monoisotopic (exact) mass is 451 g/mol. The van der Waals surface area contributed by atoms with E-state index in [0.29, 0.717) is 10.8 Å². The zero-order valence-electron chi connectivity index (χ0n) is 17.4. The summed E-state index contributed by atoms with van der Waals surface area (Å²) in [7, 11) is 0. The first kappa shape index (κ1) is 20.6. The van der Waals surface area contributed by atoms with Gasteiger partial charge in [-0.1, -0.05) is 84.4 Å². The molecule has 5 aromatic rings. The number of hydrogen-bond donors (Lipinski definition) is 1. The van der Waals surface area contributed by atoms with Crippen LogP contribution in [0.3, 0.4) is 0 Å². The van der Waals surface area contributed by atoms with Crippen molar-refractivity contribution < 1.29 is 4.79 Å². The van der Waals surface area contributed by atoms with Gasteiger partial charge in [0.15, 0.2) is 0 Å². The molecule has 1 amide bonds. The Kier molecular flexibility index (Phi) is 5.66. The number of carbonyl (C=O) groups is 1. The largest absolute Gasteiger partial charge is 0.290 e. The number of hydrogen-bond acceptors (Lipinski definition) is 4. The predicted octanol–water partition coefficient (Wildman–Crippen LogP) is 5.76. The molecule has 160 valence electrons. The molecule has 0 aliphatic heterocycles. The predicted molar refractivity (Wildman–Crippen MR) is 131 cm³/mol. The van der Waals surface area contributed by atoms with Gasteiger partial charge < -0.3 is 0 Å². The molecular weight excluding hydrogens is 434 g/mol. The molecule has 0 unspecified atom stereocenters. The zero-order chi connectivity index (χ0) is 22.6. The van der Waals surface area contributed by atoms with Crippen LogP contribution in [0.1, 0.15) is 5.56 Å². The lowest BCUT2D eigenvalue weighted by atomic mass is 10.1. The third kappa shape index (κ3) is 4.66. The van der Waals surface area contributed by atoms with Gasteiger partial charge in [-0.15, -0.1) is 5.10 Å². The normalized spacial score (nSPS) is 11.2. The lowest BCUT2D eigenvalue weighted by molar-refractivity contribution is -0.111. The van der Waals surface area contributed by atoms with Crippen molar-refractivity contribution in [1.82, 2.24) is 19.6 Å². The molecule has 0 aliphatic rings. The Morgan fingerprint density at radius 3 is 2.21 bits per heavy atom. The summed E-state index contributed by atoms with van der Waals surface area (Å²) in [6, 6.07) is 28.9. The van der Waals surface area contributed by atoms with Crippen LogP contribution in [0.15, 0.2) is 97.1 Å². The fraction of sp³-hybridized carbons (Fsp3) is 0. The second-order valence-corrected chi connectivity index (χ2v) is 7.72. The average molecular weight is 452 g/mol. The number of nitrogens with one attached hydrogen (secondary N) is 1. The molecule has 0 saturated heterocycles. The van der Waals surface area contributed by atoms with Crippen molar-refractivity contribution in [3.05, 3.63) is 108 Å². The molecule has 7 heteroatoms. The van der Waals surface area contributed by atoms with Crippen LogP contribution in [0, 0.1) is 0 Å². The molecule has 1 N–H and O–H groups in total. The summed E-state index contributed by atoms with van der Waals surface area (Å²) < 4.78 is 1.64. The second-order valence-electron chi connectivity index (χ2n) is 7.28. The lowest BCUT2D eigenvalue weighted by Crippen LogP contribution is -2.09. The van der Waals surface area contributed by atoms with Gasteiger partial charge in [-0.05, 0) is 29.8 Å². The minimum absolute atomic E-state index is 0.177. The lowest BCUT2D eigenvalue weighted by Gasteiger charge is -2.07. The van der Waals surface area contributed by atoms with E-state index in [4.69, 9.17) is 11.6 Å². The van der Waals surface area contributed by atoms with Crippen LogP contribution in [0.4, 0.5) is 5.95 Å². The number of nitrogens with zero attached hydrogens (tertiary/aromatic N) is 4. The number of halogens is 1. The number of aromatic nitrogens is 4. The molecule has 6 nitrogen and oxygen atoms in total. The Morgan fingerprint density at radius 2 is 1.52 bits per heavy atom. The Bertz CT molecular complexity index is 1450. The van der Waals surface area contributed by atoms with Crippen molar-refractivity contribution in [3.63, 3.8) is 0 Å². The van der Waals surface area contributed by atoms with Crippen LogP contribution < -0.4 is 5.32 Å². The minimum atomic E-state index is -0.342. The molecule has 0 radical (unpaired) electrons. The summed E-state index contributed by atoms with van der Waals surface area (Å²) in [6.07, 6.45) is 3.12. The highest BCUT2D eigenvalue weighted by Crippen LogP contribution is 2.26. The van der Waals surface area contributed by atoms with Gasteiger partial charge in [0.25, 0.3) is 17.6 Å². The van der Waals surface area contributed by atoms with Crippen molar-refractivity contribution in [2.75, 3.05) is 5.32 Å². The molecular formula is C26H18ClN5O. The number of anilines is 1. The molecule has 0 aliphatic carbocycles. The first-order valence-corrected chi connectivity index (χ1v) is 10.7. The van der Waals surface area contributed by atoms with Gasteiger partial charge in [0.2, 0.25) is 0 Å². The smallest absolute Gasteiger partial charge is 0.255 e. The highest BCUT2D eigenvalue weighted by Gasteiger charge is 2.14. The third-order valence-corrected chi connectivity index (χ3v) is 5.24. The fourth-order valence-electron chi connectivity index (χ4n) is 3.39. The van der Waals surface area contributed by atoms with Crippen molar-refractivity contribution in [3.8, 4) is 22.5 Å². The van der Waals surface area contributed by atoms with Gasteiger partial charge in [0.05, 0.1) is 11.4 Å². The molecule has 0 fully saturated rings. The zero-order valence-corrected chi connectivity index (χ0v) is 18.1. The van der Waals surface area contributed by atoms with Crippen LogP contribution in [0.25, 0.3) is 34.4 Å². The van der Waals surface area contributed by atoms with E-state index < -0.39 is 0 Å². The standard InChI is InChI=1S/C26H18ClN5O/c27-21-14-11-18(12-15-21)13-16-24(33)29-25-30-26-28-22(19-7-3-1-4-8-19)17-23(32(26)31-25)20-9-5-2-6-10-20/h1-17H,(H,29,31,33). The Balaban J connectivity index is 1.49. The summed E-state index contributed by atoms with van der Waals surface area (Å²) in [6.45, 7) is 0. The SMILES string of the molecule is O=C(C=Cc1ccc(Cl)cc1)Nc1nc2nc(-c3ccccc3)cc(-c3ccccc3)n2n1. The van der Waals surface area contributed by atoms with Crippen molar-refractivity contribution in [2.45, 2.75) is 0 Å². The van der Waals surface area contributed by atoms with Gasteiger partial charge >= 0.3 is 0 Å². The van der Waals surface area contributed by atoms with Gasteiger partial charge in [0.1, 0.15) is 0 Å². The van der Waals surface area contributed by atoms with Gasteiger partial charge in [0, 0.05) is 22.2 Å². The van der Waals surface area contributed by atoms with Crippen LogP contribution in [-0.2, 0) is 4.79 Å². The maximum absolute atomic E-state index is 12.4. The van der Waals surface area contributed by atoms with Crippen LogP contribution >= 0.6 is 11.6 Å². The van der Waals surface area contributed by atoms with E-state index in [-0.39, 0.29) is 11.9 Å². The first-order valence-electron chi connectivity index (χ1n) is 10.3. The molecule has 2 heterocycles. The van der Waals surface area contributed by atoms with Gasteiger partial charge in [-0.2, -0.15) is 9.50 Å². The average Bonchev–Trinajstić information content (AvgIpc) is 3.26. The number of carbonyl (C=O) groups excluding carboxylic acids is 1. The van der Waals surface area contributed by atoms with E-state index in [1.165, 1.54) is 6.08 Å². The number of benzene rings is 3. The molecule has 5 rings (SSSR count). The molecule has 3 aromatic carbocycles. The van der Waals surface area contributed by atoms with E-state index >= 15 is 0 Å².